The molecule has 0 aromatic carbocycles. The summed E-state index contributed by atoms with van der Waals surface area (Å²) < 4.78 is 403. The fourth-order valence-electron chi connectivity index (χ4n) is 1.30. The highest BCUT2D eigenvalue weighted by Gasteiger charge is 2.83. The predicted molar refractivity (Wildman–Crippen MR) is 158 cm³/mol. The summed E-state index contributed by atoms with van der Waals surface area (Å²) in [6, 6.07) is 0. The number of hydrogen-bond donors (Lipinski definition) is 0. The summed E-state index contributed by atoms with van der Waals surface area (Å²) in [6.45, 7) is 1.84. The fourth-order valence-corrected chi connectivity index (χ4v) is 6.06. The van der Waals surface area contributed by atoms with Gasteiger partial charge in [0.1, 0.15) is 0 Å². The molecule has 384 valence electrons. The molecule has 0 aromatic rings. The van der Waals surface area contributed by atoms with Gasteiger partial charge >= 0.3 is 39.8 Å². The molecule has 0 aliphatic rings. The number of alkyl halides is 18. The van der Waals surface area contributed by atoms with Crippen molar-refractivity contribution in [3.8, 4) is 0 Å². The molecule has 48 heteroatoms. The molecule has 0 bridgehead atoms. The highest BCUT2D eigenvalue weighted by atomic mass is 32.3. The maximum atomic E-state index is 12.2. The van der Waals surface area contributed by atoms with Crippen molar-refractivity contribution in [1.29, 1.82) is 0 Å². The van der Waals surface area contributed by atoms with Crippen molar-refractivity contribution in [2.24, 2.45) is 0 Å². The molecule has 62 heavy (non-hydrogen) atoms. The second kappa shape index (κ2) is 23.0. The summed E-state index contributed by atoms with van der Waals surface area (Å²) in [5.41, 5.74) is -18.1. The molecule has 0 unspecified atom stereocenters. The van der Waals surface area contributed by atoms with Crippen molar-refractivity contribution in [2.75, 3.05) is 24.5 Å². The number of sulfonamides is 4. The minimum atomic E-state index is -7.43. The van der Waals surface area contributed by atoms with Crippen LogP contribution in [0.15, 0.2) is 0 Å². The Hall–Kier alpha value is -1.90. The van der Waals surface area contributed by atoms with Crippen LogP contribution >= 0.6 is 0 Å². The van der Waals surface area contributed by atoms with Crippen LogP contribution < -0.4 is 0 Å². The first kappa shape index (κ1) is 71.7. The van der Waals surface area contributed by atoms with Crippen LogP contribution in [0, 0.1) is 0 Å². The van der Waals surface area contributed by atoms with E-state index in [1.54, 1.807) is 0 Å². The van der Waals surface area contributed by atoms with E-state index >= 15 is 0 Å². The summed E-state index contributed by atoms with van der Waals surface area (Å²) in [5, 5.41) is -7.11. The first-order valence-electron chi connectivity index (χ1n) is 12.3. The molecule has 0 aromatic heterocycles. The van der Waals surface area contributed by atoms with E-state index in [1.165, 1.54) is 0 Å². The summed E-state index contributed by atoms with van der Waals surface area (Å²) in [4.78, 5) is 0. The van der Waals surface area contributed by atoms with Gasteiger partial charge in [-0.2, -0.15) is 79.0 Å². The summed E-state index contributed by atoms with van der Waals surface area (Å²) in [7, 11) is -42.3. The summed E-state index contributed by atoms with van der Waals surface area (Å²) >= 11 is 0. The Bertz CT molecular complexity index is 2260. The van der Waals surface area contributed by atoms with Gasteiger partial charge in [-0.1, -0.05) is 13.3 Å². The molecule has 0 rings (SSSR count). The monoisotopic (exact) mass is 1130 g/mol. The number of halogens is 18. The molecule has 0 heterocycles. The predicted octanol–water partition coefficient (Wildman–Crippen LogP) is 1.84. The van der Waals surface area contributed by atoms with Crippen LogP contribution in [0.2, 0.25) is 0 Å². The van der Waals surface area contributed by atoms with E-state index in [2.05, 4.69) is 4.13 Å². The molecular weight excluding hydrogens is 1110 g/mol. The van der Waals surface area contributed by atoms with Crippen LogP contribution in [0.25, 0.3) is 8.25 Å². The van der Waals surface area contributed by atoms with Gasteiger partial charge in [-0.3, -0.25) is 0 Å². The Morgan fingerprint density at radius 1 is 0.419 bits per heavy atom. The van der Waals surface area contributed by atoms with Gasteiger partial charge in [0.15, 0.2) is 40.3 Å². The van der Waals surface area contributed by atoms with Gasteiger partial charge in [-0.15, -0.1) is 0 Å². The number of hydrogen-bond acceptors (Lipinski definition) is 20. The normalized spacial score (nSPS) is 14.4. The second-order valence-electron chi connectivity index (χ2n) is 9.29. The van der Waals surface area contributed by atoms with Crippen LogP contribution in [0.4, 0.5) is 79.0 Å². The Kier molecular flexibility index (Phi) is 26.6. The van der Waals surface area contributed by atoms with E-state index in [-0.39, 0.29) is 5.75 Å². The van der Waals surface area contributed by atoms with Crippen molar-refractivity contribution in [1.82, 2.24) is 0 Å². The van der Waals surface area contributed by atoms with Gasteiger partial charge < -0.3 is 26.5 Å². The summed E-state index contributed by atoms with van der Waals surface area (Å²) in [5.74, 6) is -15.0. The van der Waals surface area contributed by atoms with Gasteiger partial charge in [0.05, 0.1) is 40.3 Å². The van der Waals surface area contributed by atoms with Gasteiger partial charge in [-0.25, -0.2) is 67.3 Å². The maximum Gasteiger partial charge on any atom is 0.485 e. The van der Waals surface area contributed by atoms with Crippen LogP contribution in [-0.4, -0.2) is 150 Å². The lowest BCUT2D eigenvalue weighted by atomic mass is 10.1. The third kappa shape index (κ3) is 31.1. The molecule has 0 spiro atoms. The third-order valence-electron chi connectivity index (χ3n) is 3.51. The average Bonchev–Trinajstić information content (AvgIpc) is 2.85. The number of unbranched alkanes of at least 4 members (excludes halogenated alkanes) is 1. The molecule has 0 saturated heterocycles. The zero-order valence-corrected chi connectivity index (χ0v) is 35.3. The van der Waals surface area contributed by atoms with Crippen molar-refractivity contribution in [3.63, 3.8) is 0 Å². The zero-order chi connectivity index (χ0) is 53.0. The van der Waals surface area contributed by atoms with E-state index < -0.39 is 120 Å². The maximum absolute atomic E-state index is 12.2. The summed E-state index contributed by atoms with van der Waals surface area (Å²) in [6.07, 6.45) is -3.90. The fraction of sp³-hybridized carbons (Fsp3) is 1.00. The number of rotatable bonds is 10. The standard InChI is InChI=1S/C4HF9O3S.C4H10O3S.C2F6NO4S2.C2H6NO4S2.CHF3O3S.CH4O3S/c5-1(6,3(9,10)11)2(7,8)4(12,13)17(14,15)16;1-2-3-4-8(5,6)7;3-1(4,5)14(10,11)9-15(12,13)2(6,7)8;1-8(4,5)3-9(2,6)7;2-1(3,4)8(5,6)7;1-5(2,3)4/h(H,14,15,16);2-4H2,1H3,(H,5,6,7);;1-2H3;(H,5,6,7);1H3,(H,2,3,4)/q;;2*-1;;/p-4. The Balaban J connectivity index is -0.000000159. The quantitative estimate of drug-likeness (QED) is 0.171. The van der Waals surface area contributed by atoms with Gasteiger partial charge in [-0.05, 0) is 6.42 Å². The van der Waals surface area contributed by atoms with Crippen LogP contribution in [0.1, 0.15) is 19.8 Å². The molecule has 22 nitrogen and oxygen atoms in total. The Morgan fingerprint density at radius 3 is 0.758 bits per heavy atom. The van der Waals surface area contributed by atoms with Gasteiger partial charge in [0, 0.05) is 24.5 Å². The first-order chi connectivity index (χ1) is 25.7. The average molecular weight is 1130 g/mol. The number of nitrogens with zero attached hydrogens (tertiary/aromatic N) is 2. The van der Waals surface area contributed by atoms with Crippen LogP contribution in [0.5, 0.6) is 0 Å². The molecule has 0 aliphatic heterocycles. The third-order valence-corrected chi connectivity index (χ3v) is 10.7. The molecule has 0 N–H and O–H groups in total. The van der Waals surface area contributed by atoms with E-state index in [0.29, 0.717) is 25.2 Å². The Labute approximate surface area is 336 Å². The van der Waals surface area contributed by atoms with E-state index in [1.807, 2.05) is 6.92 Å². The Morgan fingerprint density at radius 2 is 0.661 bits per heavy atom. The van der Waals surface area contributed by atoms with Crippen LogP contribution in [-0.2, 0) is 80.6 Å². The van der Waals surface area contributed by atoms with E-state index in [4.69, 9.17) is 25.9 Å². The minimum absolute atomic E-state index is 0.219. The molecule has 0 amide bonds. The van der Waals surface area contributed by atoms with Gasteiger partial charge in [0.2, 0.25) is 0 Å². The zero-order valence-electron chi connectivity index (χ0n) is 28.8. The molecule has 0 atom stereocenters. The van der Waals surface area contributed by atoms with Crippen LogP contribution in [0.3, 0.4) is 0 Å². The topological polar surface area (TPSA) is 394 Å². The lowest BCUT2D eigenvalue weighted by Gasteiger charge is -2.34. The van der Waals surface area contributed by atoms with E-state index in [0.717, 1.165) is 10.5 Å². The molecular formula is C14H18F18N2O20S8-6. The van der Waals surface area contributed by atoms with Gasteiger partial charge in [0.25, 0.3) is 0 Å². The van der Waals surface area contributed by atoms with Crippen molar-refractivity contribution in [3.05, 3.63) is 8.25 Å². The minimum Gasteiger partial charge on any atom is -0.748 e. The highest BCUT2D eigenvalue weighted by molar-refractivity contribution is 8.13. The largest absolute Gasteiger partial charge is 0.748 e. The van der Waals surface area contributed by atoms with E-state index in [9.17, 15) is 139 Å². The first-order valence-corrected chi connectivity index (χ1v) is 25.0. The highest BCUT2D eigenvalue weighted by Crippen LogP contribution is 2.54. The van der Waals surface area contributed by atoms with Crippen molar-refractivity contribution < 1.29 is 165 Å². The second-order valence-corrected chi connectivity index (χ2v) is 22.0. The molecule has 0 fully saturated rings. The van der Waals surface area contributed by atoms with Crippen molar-refractivity contribution in [2.45, 2.75) is 59.6 Å². The molecule has 0 saturated carbocycles. The lowest BCUT2D eigenvalue weighted by molar-refractivity contribution is -0.382. The van der Waals surface area contributed by atoms with Crippen molar-refractivity contribution >= 4 is 80.6 Å². The smallest absolute Gasteiger partial charge is 0.485 e. The SMILES string of the molecule is CCCCS(=O)(=O)[O-].CS(=O)(=O)[N-]S(C)(=O)=O.CS(=O)(=O)[O-].O=S(=O)([N-]S(=O)(=O)C(F)(F)F)C(F)(F)F.O=S(=O)([O-])C(F)(F)C(F)(F)C(F)(F)C(F)(F)F.O=S(=O)([O-])C(F)(F)F. The molecule has 0 radical (unpaired) electrons. The molecule has 0 aliphatic carbocycles. The lowest BCUT2D eigenvalue weighted by Crippen LogP contribution is -2.63.